The van der Waals surface area contributed by atoms with E-state index in [0.29, 0.717) is 26.1 Å². The average molecular weight is 272 g/mol. The number of nitrogens with zero attached hydrogens (tertiary/aromatic N) is 1. The SMILES string of the molecule is CC(CCN)C(=O)N1CCC(OCCC(=O)O)CC1. The highest BCUT2D eigenvalue weighted by atomic mass is 16.5. The molecule has 0 bridgehead atoms. The van der Waals surface area contributed by atoms with E-state index in [-0.39, 0.29) is 31.0 Å². The minimum atomic E-state index is -0.844. The highest BCUT2D eigenvalue weighted by molar-refractivity contribution is 5.78. The maximum absolute atomic E-state index is 12.0. The van der Waals surface area contributed by atoms with E-state index in [0.717, 1.165) is 12.8 Å². The van der Waals surface area contributed by atoms with Crippen molar-refractivity contribution in [1.29, 1.82) is 0 Å². The molecule has 0 aromatic heterocycles. The molecule has 1 saturated heterocycles. The van der Waals surface area contributed by atoms with Crippen LogP contribution in [-0.4, -0.2) is 54.2 Å². The number of hydrogen-bond donors (Lipinski definition) is 2. The summed E-state index contributed by atoms with van der Waals surface area (Å²) in [6.07, 6.45) is 2.38. The van der Waals surface area contributed by atoms with Crippen LogP contribution in [0.3, 0.4) is 0 Å². The zero-order valence-electron chi connectivity index (χ0n) is 11.5. The number of carboxylic acid groups (broad SMARTS) is 1. The summed E-state index contributed by atoms with van der Waals surface area (Å²) in [5, 5.41) is 8.53. The Labute approximate surface area is 113 Å². The summed E-state index contributed by atoms with van der Waals surface area (Å²) < 4.78 is 5.49. The molecule has 19 heavy (non-hydrogen) atoms. The molecule has 0 aromatic carbocycles. The highest BCUT2D eigenvalue weighted by Crippen LogP contribution is 2.17. The molecule has 0 aliphatic carbocycles. The third-order valence-electron chi connectivity index (χ3n) is 3.44. The van der Waals surface area contributed by atoms with Crippen LogP contribution in [0.5, 0.6) is 0 Å². The fraction of sp³-hybridized carbons (Fsp3) is 0.846. The van der Waals surface area contributed by atoms with Crippen molar-refractivity contribution >= 4 is 11.9 Å². The number of piperidine rings is 1. The second-order valence-electron chi connectivity index (χ2n) is 5.02. The molecule has 110 valence electrons. The van der Waals surface area contributed by atoms with E-state index >= 15 is 0 Å². The van der Waals surface area contributed by atoms with Gasteiger partial charge >= 0.3 is 5.97 Å². The van der Waals surface area contributed by atoms with Gasteiger partial charge in [-0.15, -0.1) is 0 Å². The molecular formula is C13H24N2O4. The first-order chi connectivity index (χ1) is 9.04. The monoisotopic (exact) mass is 272 g/mol. The Balaban J connectivity index is 2.24. The smallest absolute Gasteiger partial charge is 0.305 e. The molecule has 1 rings (SSSR count). The van der Waals surface area contributed by atoms with Crippen LogP contribution < -0.4 is 5.73 Å². The molecule has 3 N–H and O–H groups in total. The molecule has 1 heterocycles. The number of carbonyl (C=O) groups is 2. The predicted octanol–water partition coefficient (Wildman–Crippen LogP) is 0.454. The van der Waals surface area contributed by atoms with Crippen molar-refractivity contribution in [3.63, 3.8) is 0 Å². The lowest BCUT2D eigenvalue weighted by molar-refractivity contribution is -0.139. The number of amides is 1. The standard InChI is InChI=1S/C13H24N2O4/c1-10(2-6-14)13(18)15-7-3-11(4-8-15)19-9-5-12(16)17/h10-11H,2-9,14H2,1H3,(H,16,17). The Bertz CT molecular complexity index is 301. The van der Waals surface area contributed by atoms with Gasteiger partial charge < -0.3 is 20.5 Å². The largest absolute Gasteiger partial charge is 0.481 e. The summed E-state index contributed by atoms with van der Waals surface area (Å²) in [5.41, 5.74) is 5.46. The van der Waals surface area contributed by atoms with Crippen LogP contribution in [-0.2, 0) is 14.3 Å². The molecule has 0 aromatic rings. The Morgan fingerprint density at radius 1 is 1.42 bits per heavy atom. The molecule has 0 radical (unpaired) electrons. The number of ether oxygens (including phenoxy) is 1. The number of carbonyl (C=O) groups excluding carboxylic acids is 1. The third kappa shape index (κ3) is 5.57. The van der Waals surface area contributed by atoms with E-state index in [2.05, 4.69) is 0 Å². The van der Waals surface area contributed by atoms with Crippen molar-refractivity contribution in [3.8, 4) is 0 Å². The van der Waals surface area contributed by atoms with E-state index in [1.165, 1.54) is 0 Å². The van der Waals surface area contributed by atoms with Gasteiger partial charge in [-0.25, -0.2) is 0 Å². The van der Waals surface area contributed by atoms with Gasteiger partial charge in [-0.3, -0.25) is 9.59 Å². The van der Waals surface area contributed by atoms with Crippen LogP contribution in [0.15, 0.2) is 0 Å². The zero-order valence-corrected chi connectivity index (χ0v) is 11.5. The molecular weight excluding hydrogens is 248 g/mol. The minimum absolute atomic E-state index is 0.0190. The summed E-state index contributed by atoms with van der Waals surface area (Å²) in [4.78, 5) is 24.3. The van der Waals surface area contributed by atoms with Gasteiger partial charge in [0.25, 0.3) is 0 Å². The van der Waals surface area contributed by atoms with E-state index < -0.39 is 5.97 Å². The van der Waals surface area contributed by atoms with Crippen molar-refractivity contribution in [2.75, 3.05) is 26.2 Å². The molecule has 0 saturated carbocycles. The van der Waals surface area contributed by atoms with E-state index in [1.807, 2.05) is 11.8 Å². The fourth-order valence-corrected chi connectivity index (χ4v) is 2.24. The number of hydrogen-bond acceptors (Lipinski definition) is 4. The van der Waals surface area contributed by atoms with Crippen LogP contribution in [0.4, 0.5) is 0 Å². The fourth-order valence-electron chi connectivity index (χ4n) is 2.24. The van der Waals surface area contributed by atoms with Crippen LogP contribution in [0, 0.1) is 5.92 Å². The lowest BCUT2D eigenvalue weighted by atomic mass is 10.0. The van der Waals surface area contributed by atoms with Gasteiger partial charge in [-0.1, -0.05) is 6.92 Å². The summed E-state index contributed by atoms with van der Waals surface area (Å²) in [6, 6.07) is 0. The Hall–Kier alpha value is -1.14. The Kier molecular flexibility index (Phi) is 6.80. The van der Waals surface area contributed by atoms with Gasteiger partial charge in [-0.05, 0) is 25.8 Å². The van der Waals surface area contributed by atoms with Gasteiger partial charge in [-0.2, -0.15) is 0 Å². The molecule has 1 unspecified atom stereocenters. The van der Waals surface area contributed by atoms with Crippen LogP contribution in [0.1, 0.15) is 32.6 Å². The summed E-state index contributed by atoms with van der Waals surface area (Å²) >= 11 is 0. The van der Waals surface area contributed by atoms with Crippen LogP contribution in [0.25, 0.3) is 0 Å². The minimum Gasteiger partial charge on any atom is -0.481 e. The van der Waals surface area contributed by atoms with Gasteiger partial charge in [0.05, 0.1) is 19.1 Å². The second-order valence-corrected chi connectivity index (χ2v) is 5.02. The first kappa shape index (κ1) is 15.9. The zero-order chi connectivity index (χ0) is 14.3. The molecule has 1 aliphatic rings. The maximum Gasteiger partial charge on any atom is 0.305 e. The molecule has 1 fully saturated rings. The van der Waals surface area contributed by atoms with Gasteiger partial charge in [0.15, 0.2) is 0 Å². The van der Waals surface area contributed by atoms with Crippen LogP contribution in [0.2, 0.25) is 0 Å². The quantitative estimate of drug-likeness (QED) is 0.702. The molecule has 6 heteroatoms. The number of carboxylic acids is 1. The third-order valence-corrected chi connectivity index (χ3v) is 3.44. The normalized spacial score (nSPS) is 18.3. The van der Waals surface area contributed by atoms with E-state index in [9.17, 15) is 9.59 Å². The topological polar surface area (TPSA) is 92.9 Å². The van der Waals surface area contributed by atoms with Crippen molar-refractivity contribution < 1.29 is 19.4 Å². The molecule has 1 amide bonds. The summed E-state index contributed by atoms with van der Waals surface area (Å²) in [6.45, 7) is 4.06. The number of likely N-dealkylation sites (tertiary alicyclic amines) is 1. The molecule has 0 spiro atoms. The maximum atomic E-state index is 12.0. The molecule has 1 atom stereocenters. The number of rotatable bonds is 7. The van der Waals surface area contributed by atoms with Crippen molar-refractivity contribution in [3.05, 3.63) is 0 Å². The number of nitrogens with two attached hydrogens (primary N) is 1. The highest BCUT2D eigenvalue weighted by Gasteiger charge is 2.25. The van der Waals surface area contributed by atoms with Crippen molar-refractivity contribution in [2.24, 2.45) is 11.7 Å². The van der Waals surface area contributed by atoms with Gasteiger partial charge in [0.1, 0.15) is 0 Å². The van der Waals surface area contributed by atoms with Crippen LogP contribution >= 0.6 is 0 Å². The molecule has 6 nitrogen and oxygen atoms in total. The van der Waals surface area contributed by atoms with Crippen molar-refractivity contribution in [2.45, 2.75) is 38.7 Å². The summed E-state index contributed by atoms with van der Waals surface area (Å²) in [7, 11) is 0. The van der Waals surface area contributed by atoms with E-state index in [1.54, 1.807) is 0 Å². The van der Waals surface area contributed by atoms with Gasteiger partial charge in [0, 0.05) is 19.0 Å². The first-order valence-electron chi connectivity index (χ1n) is 6.86. The Morgan fingerprint density at radius 3 is 2.58 bits per heavy atom. The molecule has 1 aliphatic heterocycles. The van der Waals surface area contributed by atoms with E-state index in [4.69, 9.17) is 15.6 Å². The lowest BCUT2D eigenvalue weighted by Gasteiger charge is -2.33. The Morgan fingerprint density at radius 2 is 2.05 bits per heavy atom. The van der Waals surface area contributed by atoms with Crippen molar-refractivity contribution in [1.82, 2.24) is 4.90 Å². The first-order valence-corrected chi connectivity index (χ1v) is 6.86. The lowest BCUT2D eigenvalue weighted by Crippen LogP contribution is -2.43. The second kappa shape index (κ2) is 8.12. The number of aliphatic carboxylic acids is 1. The average Bonchev–Trinajstić information content (AvgIpc) is 2.38. The van der Waals surface area contributed by atoms with Gasteiger partial charge in [0.2, 0.25) is 5.91 Å². The predicted molar refractivity (Wildman–Crippen MR) is 70.6 cm³/mol. The summed E-state index contributed by atoms with van der Waals surface area (Å²) in [5.74, 6) is -0.702.